The first-order valence-electron chi connectivity index (χ1n) is 7.88. The average Bonchev–Trinajstić information content (AvgIpc) is 2.89. The molecular weight excluding hydrogens is 268 g/mol. The zero-order chi connectivity index (χ0) is 15.2. The Balaban J connectivity index is 1.91. The summed E-state index contributed by atoms with van der Waals surface area (Å²) < 4.78 is 5.57. The van der Waals surface area contributed by atoms with Gasteiger partial charge in [0.05, 0.1) is 6.54 Å². The number of piperazine rings is 1. The van der Waals surface area contributed by atoms with E-state index in [9.17, 15) is 5.11 Å². The monoisotopic (exact) mass is 296 g/mol. The van der Waals surface area contributed by atoms with Crippen molar-refractivity contribution in [3.05, 3.63) is 23.7 Å². The van der Waals surface area contributed by atoms with E-state index in [2.05, 4.69) is 23.6 Å². The van der Waals surface area contributed by atoms with Crippen LogP contribution >= 0.6 is 0 Å². The lowest BCUT2D eigenvalue weighted by molar-refractivity contribution is 0.0443. The van der Waals surface area contributed by atoms with Crippen LogP contribution in [-0.2, 0) is 13.2 Å². The SMILES string of the molecule is CC(C)CN1CCN(Cc2ccc(CO)o2)CC1CCO. The number of furan rings is 1. The summed E-state index contributed by atoms with van der Waals surface area (Å²) in [4.78, 5) is 4.87. The van der Waals surface area contributed by atoms with E-state index >= 15 is 0 Å². The van der Waals surface area contributed by atoms with Crippen molar-refractivity contribution in [2.45, 2.75) is 39.5 Å². The summed E-state index contributed by atoms with van der Waals surface area (Å²) in [6, 6.07) is 4.18. The highest BCUT2D eigenvalue weighted by Gasteiger charge is 2.27. The van der Waals surface area contributed by atoms with E-state index in [0.29, 0.717) is 17.7 Å². The molecule has 2 heterocycles. The Morgan fingerprint density at radius 2 is 2.00 bits per heavy atom. The van der Waals surface area contributed by atoms with Gasteiger partial charge in [-0.25, -0.2) is 0 Å². The van der Waals surface area contributed by atoms with Gasteiger partial charge in [0.15, 0.2) is 0 Å². The molecule has 5 nitrogen and oxygen atoms in total. The van der Waals surface area contributed by atoms with Gasteiger partial charge in [-0.3, -0.25) is 9.80 Å². The topological polar surface area (TPSA) is 60.1 Å². The maximum atomic E-state index is 9.29. The number of rotatable bonds is 7. The van der Waals surface area contributed by atoms with Gasteiger partial charge < -0.3 is 14.6 Å². The molecule has 1 unspecified atom stereocenters. The second kappa shape index (κ2) is 7.94. The zero-order valence-electron chi connectivity index (χ0n) is 13.2. The molecule has 0 saturated carbocycles. The molecule has 120 valence electrons. The summed E-state index contributed by atoms with van der Waals surface area (Å²) in [7, 11) is 0. The number of nitrogens with zero attached hydrogens (tertiary/aromatic N) is 2. The molecule has 2 rings (SSSR count). The Morgan fingerprint density at radius 1 is 1.24 bits per heavy atom. The van der Waals surface area contributed by atoms with E-state index in [-0.39, 0.29) is 13.2 Å². The lowest BCUT2D eigenvalue weighted by Gasteiger charge is -2.42. The minimum Gasteiger partial charge on any atom is -0.462 e. The Labute approximate surface area is 127 Å². The van der Waals surface area contributed by atoms with E-state index in [4.69, 9.17) is 9.52 Å². The van der Waals surface area contributed by atoms with Crippen molar-refractivity contribution in [3.63, 3.8) is 0 Å². The summed E-state index contributed by atoms with van der Waals surface area (Å²) in [5, 5.41) is 18.3. The first-order chi connectivity index (χ1) is 10.1. The Bertz CT molecular complexity index is 419. The number of aliphatic hydroxyl groups is 2. The van der Waals surface area contributed by atoms with Crippen LogP contribution in [0.3, 0.4) is 0 Å². The van der Waals surface area contributed by atoms with Crippen LogP contribution in [0.1, 0.15) is 31.8 Å². The van der Waals surface area contributed by atoms with Crippen LogP contribution in [0.15, 0.2) is 16.5 Å². The van der Waals surface area contributed by atoms with Crippen LogP contribution in [-0.4, -0.2) is 58.8 Å². The Morgan fingerprint density at radius 3 is 2.62 bits per heavy atom. The lowest BCUT2D eigenvalue weighted by atomic mass is 10.1. The second-order valence-corrected chi connectivity index (χ2v) is 6.32. The third kappa shape index (κ3) is 4.81. The predicted octanol–water partition coefficient (Wildman–Crippen LogP) is 1.30. The zero-order valence-corrected chi connectivity index (χ0v) is 13.2. The van der Waals surface area contributed by atoms with Crippen molar-refractivity contribution < 1.29 is 14.6 Å². The van der Waals surface area contributed by atoms with Gasteiger partial charge in [-0.15, -0.1) is 0 Å². The van der Waals surface area contributed by atoms with Crippen molar-refractivity contribution in [3.8, 4) is 0 Å². The van der Waals surface area contributed by atoms with E-state index in [0.717, 1.165) is 44.9 Å². The minimum absolute atomic E-state index is 0.0463. The molecule has 1 atom stereocenters. The quantitative estimate of drug-likeness (QED) is 0.794. The van der Waals surface area contributed by atoms with Gasteiger partial charge in [-0.2, -0.15) is 0 Å². The van der Waals surface area contributed by atoms with E-state index < -0.39 is 0 Å². The molecular formula is C16H28N2O3. The molecule has 21 heavy (non-hydrogen) atoms. The predicted molar refractivity (Wildman–Crippen MR) is 81.8 cm³/mol. The van der Waals surface area contributed by atoms with Gasteiger partial charge in [-0.1, -0.05) is 13.8 Å². The van der Waals surface area contributed by atoms with Gasteiger partial charge in [0, 0.05) is 38.8 Å². The van der Waals surface area contributed by atoms with Gasteiger partial charge in [0.2, 0.25) is 0 Å². The van der Waals surface area contributed by atoms with Crippen molar-refractivity contribution in [2.24, 2.45) is 5.92 Å². The van der Waals surface area contributed by atoms with Gasteiger partial charge in [0.1, 0.15) is 18.1 Å². The van der Waals surface area contributed by atoms with Crippen molar-refractivity contribution in [2.75, 3.05) is 32.8 Å². The molecule has 0 aliphatic carbocycles. The maximum Gasteiger partial charge on any atom is 0.129 e. The minimum atomic E-state index is -0.0463. The van der Waals surface area contributed by atoms with Gasteiger partial charge >= 0.3 is 0 Å². The van der Waals surface area contributed by atoms with E-state index in [1.807, 2.05) is 12.1 Å². The summed E-state index contributed by atoms with van der Waals surface area (Å²) in [6.07, 6.45) is 0.823. The normalized spacial score (nSPS) is 21.3. The van der Waals surface area contributed by atoms with Gasteiger partial charge in [-0.05, 0) is 24.5 Å². The summed E-state index contributed by atoms with van der Waals surface area (Å²) in [5.41, 5.74) is 0. The van der Waals surface area contributed by atoms with Crippen molar-refractivity contribution in [1.82, 2.24) is 9.80 Å². The van der Waals surface area contributed by atoms with Crippen LogP contribution in [0.5, 0.6) is 0 Å². The fourth-order valence-electron chi connectivity index (χ4n) is 3.05. The molecule has 1 fully saturated rings. The van der Waals surface area contributed by atoms with Crippen LogP contribution in [0.4, 0.5) is 0 Å². The summed E-state index contributed by atoms with van der Waals surface area (Å²) in [5.74, 6) is 2.17. The summed E-state index contributed by atoms with van der Waals surface area (Å²) >= 11 is 0. The van der Waals surface area contributed by atoms with Gasteiger partial charge in [0.25, 0.3) is 0 Å². The third-order valence-corrected chi connectivity index (χ3v) is 4.00. The highest BCUT2D eigenvalue weighted by atomic mass is 16.4. The summed E-state index contributed by atoms with van der Waals surface area (Å²) in [6.45, 7) is 9.55. The van der Waals surface area contributed by atoms with E-state index in [1.54, 1.807) is 0 Å². The molecule has 1 saturated heterocycles. The largest absolute Gasteiger partial charge is 0.462 e. The number of aliphatic hydroxyl groups excluding tert-OH is 2. The molecule has 1 aliphatic rings. The van der Waals surface area contributed by atoms with Crippen LogP contribution < -0.4 is 0 Å². The molecule has 5 heteroatoms. The molecule has 0 amide bonds. The molecule has 2 N–H and O–H groups in total. The lowest BCUT2D eigenvalue weighted by Crippen LogP contribution is -2.53. The molecule has 0 bridgehead atoms. The van der Waals surface area contributed by atoms with Crippen LogP contribution in [0.25, 0.3) is 0 Å². The number of hydrogen-bond acceptors (Lipinski definition) is 5. The molecule has 0 spiro atoms. The van der Waals surface area contributed by atoms with Crippen LogP contribution in [0.2, 0.25) is 0 Å². The van der Waals surface area contributed by atoms with E-state index in [1.165, 1.54) is 0 Å². The first kappa shape index (κ1) is 16.5. The smallest absolute Gasteiger partial charge is 0.129 e. The molecule has 0 aromatic carbocycles. The molecule has 1 aliphatic heterocycles. The highest BCUT2D eigenvalue weighted by Crippen LogP contribution is 2.18. The second-order valence-electron chi connectivity index (χ2n) is 6.32. The Hall–Kier alpha value is -0.880. The maximum absolute atomic E-state index is 9.29. The molecule has 0 radical (unpaired) electrons. The highest BCUT2D eigenvalue weighted by molar-refractivity contribution is 5.06. The Kier molecular flexibility index (Phi) is 6.23. The molecule has 1 aromatic rings. The molecule has 1 aromatic heterocycles. The third-order valence-electron chi connectivity index (χ3n) is 4.00. The fraction of sp³-hybridized carbons (Fsp3) is 0.750. The van der Waals surface area contributed by atoms with Crippen molar-refractivity contribution >= 4 is 0 Å². The van der Waals surface area contributed by atoms with Crippen LogP contribution in [0, 0.1) is 5.92 Å². The fourth-order valence-corrected chi connectivity index (χ4v) is 3.05. The number of hydrogen-bond donors (Lipinski definition) is 2. The van der Waals surface area contributed by atoms with Crippen molar-refractivity contribution in [1.29, 1.82) is 0 Å². The average molecular weight is 296 g/mol. The first-order valence-corrected chi connectivity index (χ1v) is 7.88. The standard InChI is InChI=1S/C16H28N2O3/c1-13(2)9-18-7-6-17(10-14(18)5-8-19)11-15-3-4-16(12-20)21-15/h3-4,13-14,19-20H,5-12H2,1-2H3.